The fraction of sp³-hybridized carbons (Fsp3) is 0.381. The Bertz CT molecular complexity index is 717. The molecule has 0 aromatic heterocycles. The minimum atomic E-state index is -0.326. The lowest BCUT2D eigenvalue weighted by molar-refractivity contribution is -0.120. The van der Waals surface area contributed by atoms with Crippen LogP contribution in [0.2, 0.25) is 0 Å². The first-order valence-electron chi connectivity index (χ1n) is 8.96. The molecule has 0 aliphatic heterocycles. The number of halogens is 1. The Balaban J connectivity index is 2.07. The number of nitrogens with one attached hydrogen (secondary N) is 1. The molecule has 0 spiro atoms. The fourth-order valence-electron chi connectivity index (χ4n) is 3.08. The van der Waals surface area contributed by atoms with Crippen molar-refractivity contribution in [2.75, 3.05) is 26.7 Å². The zero-order chi connectivity index (χ0) is 18.9. The highest BCUT2D eigenvalue weighted by Crippen LogP contribution is 2.23. The molecular formula is C21H27FN2O2. The fourth-order valence-corrected chi connectivity index (χ4v) is 3.08. The van der Waals surface area contributed by atoms with Gasteiger partial charge in [-0.1, -0.05) is 38.1 Å². The number of hydrogen-bond donors (Lipinski definition) is 1. The molecule has 0 aliphatic rings. The lowest BCUT2D eigenvalue weighted by atomic mass is 10.0. The molecule has 0 saturated heterocycles. The lowest BCUT2D eigenvalue weighted by Crippen LogP contribution is -2.38. The SMILES string of the molecule is CCN(CC)C(CNC(=O)Cc1cccc(F)c1)c1cccc(OC)c1. The van der Waals surface area contributed by atoms with Crippen molar-refractivity contribution in [2.45, 2.75) is 26.3 Å². The van der Waals surface area contributed by atoms with Crippen LogP contribution in [0.3, 0.4) is 0 Å². The van der Waals surface area contributed by atoms with Crippen molar-refractivity contribution in [3.05, 3.63) is 65.5 Å². The van der Waals surface area contributed by atoms with E-state index in [1.807, 2.05) is 24.3 Å². The summed E-state index contributed by atoms with van der Waals surface area (Å²) in [5.74, 6) is 0.356. The van der Waals surface area contributed by atoms with Gasteiger partial charge in [0.15, 0.2) is 0 Å². The van der Waals surface area contributed by atoms with E-state index in [1.165, 1.54) is 12.1 Å². The third-order valence-corrected chi connectivity index (χ3v) is 4.48. The van der Waals surface area contributed by atoms with E-state index >= 15 is 0 Å². The molecule has 0 heterocycles. The van der Waals surface area contributed by atoms with Crippen LogP contribution in [-0.4, -0.2) is 37.6 Å². The van der Waals surface area contributed by atoms with Gasteiger partial charge in [0.1, 0.15) is 11.6 Å². The summed E-state index contributed by atoms with van der Waals surface area (Å²) in [6.45, 7) is 6.44. The summed E-state index contributed by atoms with van der Waals surface area (Å²) in [7, 11) is 1.65. The number of carbonyl (C=O) groups is 1. The van der Waals surface area contributed by atoms with Crippen LogP contribution in [0.15, 0.2) is 48.5 Å². The highest BCUT2D eigenvalue weighted by molar-refractivity contribution is 5.78. The number of ether oxygens (including phenoxy) is 1. The maximum atomic E-state index is 13.3. The third-order valence-electron chi connectivity index (χ3n) is 4.48. The van der Waals surface area contributed by atoms with E-state index in [1.54, 1.807) is 19.2 Å². The average Bonchev–Trinajstić information content (AvgIpc) is 2.65. The molecule has 0 saturated carbocycles. The summed E-state index contributed by atoms with van der Waals surface area (Å²) in [5, 5.41) is 2.99. The first-order chi connectivity index (χ1) is 12.6. The molecule has 1 atom stereocenters. The third kappa shape index (κ3) is 5.56. The molecule has 4 nitrogen and oxygen atoms in total. The Labute approximate surface area is 155 Å². The summed E-state index contributed by atoms with van der Waals surface area (Å²) in [4.78, 5) is 14.6. The van der Waals surface area contributed by atoms with Crippen LogP contribution in [0, 0.1) is 5.82 Å². The van der Waals surface area contributed by atoms with Gasteiger partial charge in [-0.25, -0.2) is 4.39 Å². The van der Waals surface area contributed by atoms with Crippen molar-refractivity contribution in [3.63, 3.8) is 0 Å². The van der Waals surface area contributed by atoms with Crippen LogP contribution in [0.5, 0.6) is 5.75 Å². The van der Waals surface area contributed by atoms with Gasteiger partial charge in [0.05, 0.1) is 19.6 Å². The Kier molecular flexibility index (Phi) is 7.60. The summed E-state index contributed by atoms with van der Waals surface area (Å²) in [6.07, 6.45) is 0.168. The van der Waals surface area contributed by atoms with Gasteiger partial charge in [0.25, 0.3) is 0 Å². The minimum Gasteiger partial charge on any atom is -0.497 e. The standard InChI is InChI=1S/C21H27FN2O2/c1-4-24(5-2)20(17-9-7-11-19(14-17)26-3)15-23-21(25)13-16-8-6-10-18(22)12-16/h6-12,14,20H,4-5,13,15H2,1-3H3,(H,23,25). The van der Waals surface area contributed by atoms with E-state index in [-0.39, 0.29) is 24.2 Å². The van der Waals surface area contributed by atoms with Crippen LogP contribution in [0.25, 0.3) is 0 Å². The summed E-state index contributed by atoms with van der Waals surface area (Å²) >= 11 is 0. The number of rotatable bonds is 9. The van der Waals surface area contributed by atoms with Gasteiger partial charge in [-0.05, 0) is 48.5 Å². The van der Waals surface area contributed by atoms with Crippen LogP contribution in [0.4, 0.5) is 4.39 Å². The predicted octanol–water partition coefficient (Wildman–Crippen LogP) is 3.58. The van der Waals surface area contributed by atoms with Crippen LogP contribution >= 0.6 is 0 Å². The molecular weight excluding hydrogens is 331 g/mol. The molecule has 0 radical (unpaired) electrons. The van der Waals surface area contributed by atoms with E-state index in [4.69, 9.17) is 4.74 Å². The van der Waals surface area contributed by atoms with Gasteiger partial charge in [-0.15, -0.1) is 0 Å². The van der Waals surface area contributed by atoms with E-state index in [0.29, 0.717) is 12.1 Å². The molecule has 1 amide bonds. The number of methoxy groups -OCH3 is 1. The van der Waals surface area contributed by atoms with Gasteiger partial charge < -0.3 is 10.1 Å². The van der Waals surface area contributed by atoms with Crippen molar-refractivity contribution < 1.29 is 13.9 Å². The topological polar surface area (TPSA) is 41.6 Å². The largest absolute Gasteiger partial charge is 0.497 e. The second kappa shape index (κ2) is 9.92. The number of benzene rings is 2. The summed E-state index contributed by atoms with van der Waals surface area (Å²) in [5.41, 5.74) is 1.77. The smallest absolute Gasteiger partial charge is 0.224 e. The van der Waals surface area contributed by atoms with Gasteiger partial charge in [-0.3, -0.25) is 9.69 Å². The van der Waals surface area contributed by atoms with Gasteiger partial charge in [0.2, 0.25) is 5.91 Å². The normalized spacial score (nSPS) is 12.0. The summed E-state index contributed by atoms with van der Waals surface area (Å²) < 4.78 is 18.6. The maximum absolute atomic E-state index is 13.3. The lowest BCUT2D eigenvalue weighted by Gasteiger charge is -2.30. The van der Waals surface area contributed by atoms with E-state index in [2.05, 4.69) is 24.1 Å². The van der Waals surface area contributed by atoms with Crippen LogP contribution < -0.4 is 10.1 Å². The van der Waals surface area contributed by atoms with Crippen LogP contribution in [0.1, 0.15) is 31.0 Å². The monoisotopic (exact) mass is 358 g/mol. The van der Waals surface area contributed by atoms with Crippen molar-refractivity contribution in [1.29, 1.82) is 0 Å². The van der Waals surface area contributed by atoms with Crippen molar-refractivity contribution in [1.82, 2.24) is 10.2 Å². The summed E-state index contributed by atoms with van der Waals surface area (Å²) in [6, 6.07) is 14.1. The zero-order valence-corrected chi connectivity index (χ0v) is 15.7. The molecule has 2 aromatic carbocycles. The molecule has 0 aliphatic carbocycles. The molecule has 5 heteroatoms. The first-order valence-corrected chi connectivity index (χ1v) is 8.96. The van der Waals surface area contributed by atoms with Crippen molar-refractivity contribution >= 4 is 5.91 Å². The Hall–Kier alpha value is -2.40. The highest BCUT2D eigenvalue weighted by atomic mass is 19.1. The number of nitrogens with zero attached hydrogens (tertiary/aromatic N) is 1. The highest BCUT2D eigenvalue weighted by Gasteiger charge is 2.19. The maximum Gasteiger partial charge on any atom is 0.224 e. The van der Waals surface area contributed by atoms with Crippen molar-refractivity contribution in [2.24, 2.45) is 0 Å². The van der Waals surface area contributed by atoms with E-state index in [0.717, 1.165) is 24.4 Å². The predicted molar refractivity (Wildman–Crippen MR) is 102 cm³/mol. The second-order valence-corrected chi connectivity index (χ2v) is 6.12. The number of likely N-dealkylation sites (N-methyl/N-ethyl adjacent to an activating group) is 1. The Morgan fingerprint density at radius 2 is 1.88 bits per heavy atom. The molecule has 0 fully saturated rings. The number of carbonyl (C=O) groups excluding carboxylic acids is 1. The van der Waals surface area contributed by atoms with E-state index < -0.39 is 0 Å². The van der Waals surface area contributed by atoms with Gasteiger partial charge in [-0.2, -0.15) is 0 Å². The number of amides is 1. The van der Waals surface area contributed by atoms with E-state index in [9.17, 15) is 9.18 Å². The molecule has 1 unspecified atom stereocenters. The van der Waals surface area contributed by atoms with Gasteiger partial charge >= 0.3 is 0 Å². The molecule has 26 heavy (non-hydrogen) atoms. The Morgan fingerprint density at radius 1 is 1.15 bits per heavy atom. The second-order valence-electron chi connectivity index (χ2n) is 6.12. The number of hydrogen-bond acceptors (Lipinski definition) is 3. The average molecular weight is 358 g/mol. The molecule has 2 rings (SSSR count). The van der Waals surface area contributed by atoms with Gasteiger partial charge in [0, 0.05) is 6.54 Å². The van der Waals surface area contributed by atoms with Crippen molar-refractivity contribution in [3.8, 4) is 5.75 Å². The van der Waals surface area contributed by atoms with Crippen LogP contribution in [-0.2, 0) is 11.2 Å². The minimum absolute atomic E-state index is 0.0524. The Morgan fingerprint density at radius 3 is 2.54 bits per heavy atom. The quantitative estimate of drug-likeness (QED) is 0.745. The molecule has 2 aromatic rings. The molecule has 1 N–H and O–H groups in total. The zero-order valence-electron chi connectivity index (χ0n) is 15.7. The first kappa shape index (κ1) is 19.9. The molecule has 140 valence electrons. The molecule has 0 bridgehead atoms.